The summed E-state index contributed by atoms with van der Waals surface area (Å²) < 4.78 is 1.64. The van der Waals surface area contributed by atoms with E-state index in [2.05, 4.69) is 15.5 Å². The summed E-state index contributed by atoms with van der Waals surface area (Å²) in [4.78, 5) is 11.2. The Morgan fingerprint density at radius 1 is 1.64 bits per heavy atom. The Morgan fingerprint density at radius 2 is 2.43 bits per heavy atom. The van der Waals surface area contributed by atoms with Crippen molar-refractivity contribution >= 4 is 11.8 Å². The minimum atomic E-state index is -0.122. The van der Waals surface area contributed by atoms with E-state index in [-0.39, 0.29) is 5.69 Å². The fourth-order valence-corrected chi connectivity index (χ4v) is 2.05. The van der Waals surface area contributed by atoms with E-state index in [9.17, 15) is 4.79 Å². The Kier molecular flexibility index (Phi) is 4.75. The molecule has 0 atom stereocenters. The van der Waals surface area contributed by atoms with Crippen molar-refractivity contribution in [2.24, 2.45) is 0 Å². The second-order valence-corrected chi connectivity index (χ2v) is 3.92. The lowest BCUT2D eigenvalue weighted by atomic mass is 10.5. The minimum Gasteiger partial charge on any atom is -0.320 e. The topological polar surface area (TPSA) is 62.7 Å². The predicted octanol–water partition coefficient (Wildman–Crippen LogP) is 0.293. The Balaban J connectivity index is 2.46. The maximum atomic E-state index is 11.2. The average molecular weight is 216 g/mol. The molecule has 6 heteroatoms. The van der Waals surface area contributed by atoms with E-state index in [0.29, 0.717) is 6.54 Å². The molecule has 0 amide bonds. The smallest absolute Gasteiger partial charge is 0.320 e. The number of hydrogen-bond donors (Lipinski definition) is 2. The number of H-pyrrole nitrogens is 1. The molecule has 2 N–H and O–H groups in total. The quantitative estimate of drug-likeness (QED) is 0.530. The van der Waals surface area contributed by atoms with Gasteiger partial charge < -0.3 is 5.32 Å². The standard InChI is InChI=1S/C8H16N4OS/c1-3-12-7(13)10-11-8(12)14-6-4-5-9-2/h9H,3-6H2,1-2H3,(H,10,13). The molecule has 0 aliphatic rings. The number of aromatic nitrogens is 3. The zero-order valence-electron chi connectivity index (χ0n) is 8.54. The predicted molar refractivity (Wildman–Crippen MR) is 57.8 cm³/mol. The van der Waals surface area contributed by atoms with Crippen LogP contribution in [0.4, 0.5) is 0 Å². The molecule has 0 bridgehead atoms. The van der Waals surface area contributed by atoms with Crippen LogP contribution < -0.4 is 11.0 Å². The number of hydrogen-bond acceptors (Lipinski definition) is 4. The third kappa shape index (κ3) is 2.88. The van der Waals surface area contributed by atoms with Gasteiger partial charge in [0.2, 0.25) is 0 Å². The first kappa shape index (κ1) is 11.3. The van der Waals surface area contributed by atoms with Crippen molar-refractivity contribution in [3.05, 3.63) is 10.5 Å². The zero-order valence-corrected chi connectivity index (χ0v) is 9.36. The Bertz CT molecular complexity index is 319. The molecule has 1 aromatic heterocycles. The molecule has 1 rings (SSSR count). The van der Waals surface area contributed by atoms with Crippen LogP contribution in [0.25, 0.3) is 0 Å². The van der Waals surface area contributed by atoms with Crippen molar-refractivity contribution in [2.75, 3.05) is 19.3 Å². The Hall–Kier alpha value is -0.750. The van der Waals surface area contributed by atoms with Crippen molar-refractivity contribution in [1.82, 2.24) is 20.1 Å². The van der Waals surface area contributed by atoms with Gasteiger partial charge in [-0.25, -0.2) is 9.89 Å². The number of nitrogens with one attached hydrogen (secondary N) is 2. The second kappa shape index (κ2) is 5.87. The van der Waals surface area contributed by atoms with Gasteiger partial charge >= 0.3 is 5.69 Å². The summed E-state index contributed by atoms with van der Waals surface area (Å²) >= 11 is 1.61. The molecular weight excluding hydrogens is 200 g/mol. The summed E-state index contributed by atoms with van der Waals surface area (Å²) in [5.74, 6) is 0.977. The molecule has 1 heterocycles. The Morgan fingerprint density at radius 3 is 3.07 bits per heavy atom. The van der Waals surface area contributed by atoms with Gasteiger partial charge in [-0.1, -0.05) is 11.8 Å². The van der Waals surface area contributed by atoms with Gasteiger partial charge in [0, 0.05) is 12.3 Å². The van der Waals surface area contributed by atoms with Crippen LogP contribution in [0, 0.1) is 0 Å². The van der Waals surface area contributed by atoms with E-state index in [0.717, 1.165) is 23.9 Å². The highest BCUT2D eigenvalue weighted by Crippen LogP contribution is 2.13. The van der Waals surface area contributed by atoms with Crippen LogP contribution in [0.15, 0.2) is 9.95 Å². The van der Waals surface area contributed by atoms with Gasteiger partial charge in [-0.15, -0.1) is 5.10 Å². The first-order valence-electron chi connectivity index (χ1n) is 4.72. The van der Waals surface area contributed by atoms with Gasteiger partial charge in [0.1, 0.15) is 0 Å². The van der Waals surface area contributed by atoms with Gasteiger partial charge in [-0.2, -0.15) is 0 Å². The van der Waals surface area contributed by atoms with Gasteiger partial charge in [0.25, 0.3) is 0 Å². The summed E-state index contributed by atoms with van der Waals surface area (Å²) in [5, 5.41) is 10.3. The van der Waals surface area contributed by atoms with Crippen molar-refractivity contribution in [3.63, 3.8) is 0 Å². The normalized spacial score (nSPS) is 10.7. The molecule has 0 unspecified atom stereocenters. The molecule has 0 radical (unpaired) electrons. The molecule has 5 nitrogen and oxygen atoms in total. The lowest BCUT2D eigenvalue weighted by molar-refractivity contribution is 0.659. The first-order chi connectivity index (χ1) is 6.79. The first-order valence-corrected chi connectivity index (χ1v) is 5.70. The molecule has 80 valence electrons. The molecule has 0 saturated carbocycles. The van der Waals surface area contributed by atoms with Crippen LogP contribution >= 0.6 is 11.8 Å². The van der Waals surface area contributed by atoms with Crippen molar-refractivity contribution in [1.29, 1.82) is 0 Å². The van der Waals surface area contributed by atoms with Crippen LogP contribution in [0.1, 0.15) is 13.3 Å². The number of nitrogens with zero attached hydrogens (tertiary/aromatic N) is 2. The number of aromatic amines is 1. The van der Waals surface area contributed by atoms with E-state index < -0.39 is 0 Å². The molecular formula is C8H16N4OS. The SMILES string of the molecule is CCn1c(SCCCNC)n[nH]c1=O. The van der Waals surface area contributed by atoms with Crippen LogP contribution in [0.3, 0.4) is 0 Å². The lowest BCUT2D eigenvalue weighted by Gasteiger charge is -2.01. The summed E-state index contributed by atoms with van der Waals surface area (Å²) in [6.45, 7) is 3.60. The average Bonchev–Trinajstić information content (AvgIpc) is 2.54. The molecule has 0 fully saturated rings. The largest absolute Gasteiger partial charge is 0.343 e. The number of thioether (sulfide) groups is 1. The summed E-state index contributed by atoms with van der Waals surface area (Å²) in [5.41, 5.74) is -0.122. The summed E-state index contributed by atoms with van der Waals surface area (Å²) in [6.07, 6.45) is 1.08. The van der Waals surface area contributed by atoms with Crippen LogP contribution in [0.2, 0.25) is 0 Å². The van der Waals surface area contributed by atoms with Gasteiger partial charge in [-0.05, 0) is 26.9 Å². The monoisotopic (exact) mass is 216 g/mol. The van der Waals surface area contributed by atoms with Gasteiger partial charge in [0.05, 0.1) is 0 Å². The highest BCUT2D eigenvalue weighted by molar-refractivity contribution is 7.99. The number of rotatable bonds is 6. The van der Waals surface area contributed by atoms with Crippen LogP contribution in [0.5, 0.6) is 0 Å². The molecule has 0 aromatic carbocycles. The van der Waals surface area contributed by atoms with Crippen molar-refractivity contribution < 1.29 is 0 Å². The van der Waals surface area contributed by atoms with E-state index in [1.807, 2.05) is 14.0 Å². The van der Waals surface area contributed by atoms with Crippen LogP contribution in [-0.2, 0) is 6.54 Å². The van der Waals surface area contributed by atoms with Crippen molar-refractivity contribution in [2.45, 2.75) is 25.0 Å². The Labute approximate surface area is 87.3 Å². The highest BCUT2D eigenvalue weighted by Gasteiger charge is 2.05. The third-order valence-corrected chi connectivity index (χ3v) is 2.90. The summed E-state index contributed by atoms with van der Waals surface area (Å²) in [7, 11) is 1.93. The molecule has 0 spiro atoms. The molecule has 0 aliphatic carbocycles. The minimum absolute atomic E-state index is 0.122. The molecule has 0 saturated heterocycles. The molecule has 14 heavy (non-hydrogen) atoms. The van der Waals surface area contributed by atoms with Gasteiger partial charge in [0.15, 0.2) is 5.16 Å². The van der Waals surface area contributed by atoms with E-state index >= 15 is 0 Å². The maximum Gasteiger partial charge on any atom is 0.343 e. The molecule has 1 aromatic rings. The van der Waals surface area contributed by atoms with Crippen molar-refractivity contribution in [3.8, 4) is 0 Å². The second-order valence-electron chi connectivity index (χ2n) is 2.86. The zero-order chi connectivity index (χ0) is 10.4. The van der Waals surface area contributed by atoms with E-state index in [1.54, 1.807) is 16.3 Å². The summed E-state index contributed by atoms with van der Waals surface area (Å²) in [6, 6.07) is 0. The van der Waals surface area contributed by atoms with E-state index in [1.165, 1.54) is 0 Å². The fraction of sp³-hybridized carbons (Fsp3) is 0.750. The van der Waals surface area contributed by atoms with Crippen LogP contribution in [-0.4, -0.2) is 34.1 Å². The third-order valence-electron chi connectivity index (χ3n) is 1.84. The fourth-order valence-electron chi connectivity index (χ4n) is 1.10. The highest BCUT2D eigenvalue weighted by atomic mass is 32.2. The lowest BCUT2D eigenvalue weighted by Crippen LogP contribution is -2.16. The maximum absolute atomic E-state index is 11.2. The van der Waals surface area contributed by atoms with Gasteiger partial charge in [-0.3, -0.25) is 4.57 Å². The molecule has 0 aliphatic heterocycles. The van der Waals surface area contributed by atoms with E-state index in [4.69, 9.17) is 0 Å².